The molecule has 0 spiro atoms. The molecule has 19 heavy (non-hydrogen) atoms. The van der Waals surface area contributed by atoms with E-state index in [1.165, 1.54) is 12.1 Å². The van der Waals surface area contributed by atoms with E-state index in [0.717, 1.165) is 13.1 Å². The Bertz CT molecular complexity index is 583. The fourth-order valence-electron chi connectivity index (χ4n) is 1.93. The van der Waals surface area contributed by atoms with Crippen LogP contribution in [0.4, 0.5) is 10.3 Å². The number of benzene rings is 1. The van der Waals surface area contributed by atoms with Crippen molar-refractivity contribution in [2.24, 2.45) is 0 Å². The minimum absolute atomic E-state index is 0.0711. The summed E-state index contributed by atoms with van der Waals surface area (Å²) in [6.45, 7) is 2.88. The molecular weight excluding hydrogens is 271 g/mol. The van der Waals surface area contributed by atoms with Crippen molar-refractivity contribution in [3.8, 4) is 11.4 Å². The summed E-state index contributed by atoms with van der Waals surface area (Å²) in [5, 5.41) is 7.08. The predicted molar refractivity (Wildman–Crippen MR) is 69.8 cm³/mol. The molecule has 100 valence electrons. The molecule has 1 N–H and O–H groups in total. The largest absolute Gasteiger partial charge is 0.378 e. The third-order valence-electron chi connectivity index (χ3n) is 2.96. The average Bonchev–Trinajstić information content (AvgIpc) is 2.93. The number of morpholine rings is 1. The molecule has 0 bridgehead atoms. The van der Waals surface area contributed by atoms with Gasteiger partial charge in [0.15, 0.2) is 5.82 Å². The first-order chi connectivity index (χ1) is 9.24. The fraction of sp³-hybridized carbons (Fsp3) is 0.333. The van der Waals surface area contributed by atoms with Crippen LogP contribution in [0.15, 0.2) is 18.2 Å². The molecule has 1 aromatic carbocycles. The van der Waals surface area contributed by atoms with Gasteiger partial charge in [-0.3, -0.25) is 5.10 Å². The predicted octanol–water partition coefficient (Wildman–Crippen LogP) is 2.10. The zero-order chi connectivity index (χ0) is 13.2. The van der Waals surface area contributed by atoms with E-state index in [4.69, 9.17) is 16.3 Å². The molecule has 0 aliphatic carbocycles. The van der Waals surface area contributed by atoms with Crippen LogP contribution in [-0.4, -0.2) is 41.5 Å². The van der Waals surface area contributed by atoms with Crippen molar-refractivity contribution in [1.82, 2.24) is 15.2 Å². The van der Waals surface area contributed by atoms with Crippen LogP contribution in [0.3, 0.4) is 0 Å². The minimum Gasteiger partial charge on any atom is -0.378 e. The molecule has 0 atom stereocenters. The van der Waals surface area contributed by atoms with E-state index in [0.29, 0.717) is 30.5 Å². The topological polar surface area (TPSA) is 54.0 Å². The van der Waals surface area contributed by atoms with Gasteiger partial charge >= 0.3 is 0 Å². The summed E-state index contributed by atoms with van der Waals surface area (Å²) in [5.74, 6) is 0.750. The summed E-state index contributed by atoms with van der Waals surface area (Å²) < 4.78 is 18.4. The lowest BCUT2D eigenvalue weighted by Crippen LogP contribution is -2.36. The lowest BCUT2D eigenvalue weighted by atomic mass is 10.2. The van der Waals surface area contributed by atoms with Crippen LogP contribution in [0.1, 0.15) is 0 Å². The number of ether oxygens (including phenoxy) is 1. The lowest BCUT2D eigenvalue weighted by molar-refractivity contribution is 0.122. The second-order valence-electron chi connectivity index (χ2n) is 4.21. The summed E-state index contributed by atoms with van der Waals surface area (Å²) in [6, 6.07) is 4.46. The first-order valence-electron chi connectivity index (χ1n) is 5.94. The van der Waals surface area contributed by atoms with Crippen LogP contribution in [-0.2, 0) is 4.74 Å². The molecule has 0 saturated carbocycles. The minimum atomic E-state index is -0.446. The van der Waals surface area contributed by atoms with Crippen LogP contribution < -0.4 is 4.90 Å². The van der Waals surface area contributed by atoms with Crippen molar-refractivity contribution in [3.63, 3.8) is 0 Å². The second-order valence-corrected chi connectivity index (χ2v) is 4.62. The van der Waals surface area contributed by atoms with E-state index in [-0.39, 0.29) is 5.02 Å². The number of nitrogens with one attached hydrogen (secondary N) is 1. The Labute approximate surface area is 114 Å². The Balaban J connectivity index is 1.85. The maximum Gasteiger partial charge on any atom is 0.245 e. The number of anilines is 1. The third-order valence-corrected chi connectivity index (χ3v) is 3.25. The third kappa shape index (κ3) is 2.54. The summed E-state index contributed by atoms with van der Waals surface area (Å²) in [6.07, 6.45) is 0. The molecule has 2 aromatic rings. The molecule has 3 rings (SSSR count). The molecule has 0 radical (unpaired) electrons. The van der Waals surface area contributed by atoms with Gasteiger partial charge in [-0.1, -0.05) is 11.6 Å². The monoisotopic (exact) mass is 282 g/mol. The molecular formula is C12H12ClFN4O. The Morgan fingerprint density at radius 3 is 2.84 bits per heavy atom. The van der Waals surface area contributed by atoms with Gasteiger partial charge in [0.05, 0.1) is 18.2 Å². The molecule has 1 fully saturated rings. The highest BCUT2D eigenvalue weighted by Crippen LogP contribution is 2.23. The van der Waals surface area contributed by atoms with E-state index in [1.807, 2.05) is 4.90 Å². The first-order valence-corrected chi connectivity index (χ1v) is 6.32. The number of hydrogen-bond acceptors (Lipinski definition) is 4. The number of halogens is 2. The van der Waals surface area contributed by atoms with E-state index < -0.39 is 5.82 Å². The second kappa shape index (κ2) is 5.14. The maximum atomic E-state index is 13.1. The van der Waals surface area contributed by atoms with Gasteiger partial charge in [-0.15, -0.1) is 5.10 Å². The summed E-state index contributed by atoms with van der Waals surface area (Å²) >= 11 is 5.76. The van der Waals surface area contributed by atoms with Gasteiger partial charge in [0.2, 0.25) is 5.95 Å². The van der Waals surface area contributed by atoms with Crippen molar-refractivity contribution in [2.45, 2.75) is 0 Å². The van der Waals surface area contributed by atoms with Gasteiger partial charge in [0.1, 0.15) is 5.82 Å². The van der Waals surface area contributed by atoms with Gasteiger partial charge in [-0.2, -0.15) is 4.98 Å². The van der Waals surface area contributed by atoms with Crippen LogP contribution >= 0.6 is 11.6 Å². The standard InChI is InChI=1S/C12H12ClFN4O/c13-9-7-8(1-2-10(9)14)11-15-12(17-16-11)18-3-5-19-6-4-18/h1-2,7H,3-6H2,(H,15,16,17). The highest BCUT2D eigenvalue weighted by Gasteiger charge is 2.16. The highest BCUT2D eigenvalue weighted by molar-refractivity contribution is 6.31. The number of nitrogens with zero attached hydrogens (tertiary/aromatic N) is 3. The molecule has 1 saturated heterocycles. The van der Waals surface area contributed by atoms with E-state index in [1.54, 1.807) is 6.07 Å². The number of rotatable bonds is 2. The molecule has 2 heterocycles. The lowest BCUT2D eigenvalue weighted by Gasteiger charge is -2.25. The Kier molecular flexibility index (Phi) is 3.35. The Morgan fingerprint density at radius 2 is 2.11 bits per heavy atom. The Morgan fingerprint density at radius 1 is 1.32 bits per heavy atom. The van der Waals surface area contributed by atoms with Gasteiger partial charge < -0.3 is 9.64 Å². The van der Waals surface area contributed by atoms with Crippen LogP contribution in [0.2, 0.25) is 5.02 Å². The van der Waals surface area contributed by atoms with Crippen molar-refractivity contribution >= 4 is 17.5 Å². The van der Waals surface area contributed by atoms with Crippen LogP contribution in [0.25, 0.3) is 11.4 Å². The first kappa shape index (κ1) is 12.4. The van der Waals surface area contributed by atoms with Gasteiger partial charge in [0, 0.05) is 18.7 Å². The maximum absolute atomic E-state index is 13.1. The summed E-state index contributed by atoms with van der Waals surface area (Å²) in [7, 11) is 0. The number of aromatic nitrogens is 3. The zero-order valence-electron chi connectivity index (χ0n) is 10.1. The summed E-state index contributed by atoms with van der Waals surface area (Å²) in [4.78, 5) is 6.43. The SMILES string of the molecule is Fc1ccc(-c2nc(N3CCOCC3)n[nH]2)cc1Cl. The number of H-pyrrole nitrogens is 1. The molecule has 7 heteroatoms. The van der Waals surface area contributed by atoms with Crippen LogP contribution in [0, 0.1) is 5.82 Å². The van der Waals surface area contributed by atoms with Gasteiger partial charge in [-0.05, 0) is 18.2 Å². The van der Waals surface area contributed by atoms with Gasteiger partial charge in [0.25, 0.3) is 0 Å². The zero-order valence-corrected chi connectivity index (χ0v) is 10.8. The summed E-state index contributed by atoms with van der Waals surface area (Å²) in [5.41, 5.74) is 0.707. The smallest absolute Gasteiger partial charge is 0.245 e. The molecule has 1 aliphatic rings. The quantitative estimate of drug-likeness (QED) is 0.916. The van der Waals surface area contributed by atoms with E-state index in [2.05, 4.69) is 15.2 Å². The van der Waals surface area contributed by atoms with Crippen molar-refractivity contribution in [2.75, 3.05) is 31.2 Å². The molecule has 0 amide bonds. The average molecular weight is 283 g/mol. The van der Waals surface area contributed by atoms with Crippen molar-refractivity contribution < 1.29 is 9.13 Å². The van der Waals surface area contributed by atoms with Crippen molar-refractivity contribution in [3.05, 3.63) is 29.0 Å². The molecule has 5 nitrogen and oxygen atoms in total. The molecule has 1 aliphatic heterocycles. The fourth-order valence-corrected chi connectivity index (χ4v) is 2.11. The number of hydrogen-bond donors (Lipinski definition) is 1. The van der Waals surface area contributed by atoms with E-state index in [9.17, 15) is 4.39 Å². The van der Waals surface area contributed by atoms with Gasteiger partial charge in [-0.25, -0.2) is 4.39 Å². The van der Waals surface area contributed by atoms with E-state index >= 15 is 0 Å². The highest BCUT2D eigenvalue weighted by atomic mass is 35.5. The van der Waals surface area contributed by atoms with Crippen LogP contribution in [0.5, 0.6) is 0 Å². The Hall–Kier alpha value is -1.66. The normalized spacial score (nSPS) is 15.8. The van der Waals surface area contributed by atoms with Crippen molar-refractivity contribution in [1.29, 1.82) is 0 Å². The molecule has 1 aromatic heterocycles. The molecule has 0 unspecified atom stereocenters. The number of aromatic amines is 1.